The lowest BCUT2D eigenvalue weighted by molar-refractivity contribution is -0.161. The number of carbonyl (C=O) groups is 4. The van der Waals surface area contributed by atoms with E-state index in [1.807, 2.05) is 0 Å². The molecule has 0 rings (SSSR count). The third-order valence-corrected chi connectivity index (χ3v) is 20.1. The number of phosphoric acid groups is 2. The van der Waals surface area contributed by atoms with E-state index in [9.17, 15) is 43.2 Å². The van der Waals surface area contributed by atoms with Crippen molar-refractivity contribution in [1.82, 2.24) is 0 Å². The maximum absolute atomic E-state index is 13.1. The van der Waals surface area contributed by atoms with Crippen LogP contribution in [0.2, 0.25) is 0 Å². The molecule has 0 radical (unpaired) electrons. The first-order chi connectivity index (χ1) is 46.8. The fourth-order valence-electron chi connectivity index (χ4n) is 11.4. The van der Waals surface area contributed by atoms with Gasteiger partial charge in [0, 0.05) is 25.7 Å². The van der Waals surface area contributed by atoms with Crippen LogP contribution >= 0.6 is 15.6 Å². The molecule has 0 aliphatic rings. The highest BCUT2D eigenvalue weighted by Gasteiger charge is 2.30. The van der Waals surface area contributed by atoms with Crippen molar-refractivity contribution in [3.63, 3.8) is 0 Å². The molecule has 0 bridgehead atoms. The first-order valence-electron chi connectivity index (χ1n) is 39.7. The van der Waals surface area contributed by atoms with Gasteiger partial charge in [-0.05, 0) is 69.1 Å². The fourth-order valence-corrected chi connectivity index (χ4v) is 12.9. The van der Waals surface area contributed by atoms with Gasteiger partial charge in [-0.1, -0.05) is 323 Å². The van der Waals surface area contributed by atoms with Crippen molar-refractivity contribution >= 4 is 39.5 Å². The number of aliphatic hydroxyl groups is 1. The number of allylic oxidation sites excluding steroid dienone is 4. The first kappa shape index (κ1) is 94.5. The average Bonchev–Trinajstić information content (AvgIpc) is 2.11. The van der Waals surface area contributed by atoms with Crippen LogP contribution in [0.25, 0.3) is 0 Å². The summed E-state index contributed by atoms with van der Waals surface area (Å²) in [5, 5.41) is 10.6. The van der Waals surface area contributed by atoms with Gasteiger partial charge in [0.15, 0.2) is 12.2 Å². The van der Waals surface area contributed by atoms with E-state index < -0.39 is 97.5 Å². The zero-order valence-corrected chi connectivity index (χ0v) is 64.8. The predicted molar refractivity (Wildman–Crippen MR) is 395 cm³/mol. The van der Waals surface area contributed by atoms with Gasteiger partial charge in [-0.3, -0.25) is 37.3 Å². The highest BCUT2D eigenvalue weighted by Crippen LogP contribution is 2.45. The second kappa shape index (κ2) is 68.0. The minimum Gasteiger partial charge on any atom is -0.462 e. The summed E-state index contributed by atoms with van der Waals surface area (Å²) in [6.07, 6.45) is 57.6. The number of hydrogen-bond donors (Lipinski definition) is 3. The van der Waals surface area contributed by atoms with Crippen LogP contribution in [0, 0.1) is 17.8 Å². The first-order valence-corrected chi connectivity index (χ1v) is 42.7. The van der Waals surface area contributed by atoms with E-state index in [1.165, 1.54) is 161 Å². The van der Waals surface area contributed by atoms with Gasteiger partial charge in [0.2, 0.25) is 0 Å². The number of hydrogen-bond acceptors (Lipinski definition) is 15. The SMILES string of the molecule is CCCCCC/C=C\C=C/CCCCCCCC(=O)OC[C@H](COP(=O)(O)OC[C@@H](O)COP(=O)(O)OC[C@@H](COC(=O)CCCCCCCCC(C)CC)OC(=O)CCCCCCCCCCCCCC(C)C)OC(=O)CCCCCCCCCCCCCCCCC(C)CC. The Morgan fingerprint density at radius 3 is 0.918 bits per heavy atom. The van der Waals surface area contributed by atoms with E-state index in [2.05, 4.69) is 72.8 Å². The Labute approximate surface area is 592 Å². The molecule has 0 saturated heterocycles. The Bertz CT molecular complexity index is 1990. The van der Waals surface area contributed by atoms with Crippen molar-refractivity contribution in [3.8, 4) is 0 Å². The smallest absolute Gasteiger partial charge is 0.462 e. The third-order valence-electron chi connectivity index (χ3n) is 18.2. The average molecular weight is 1420 g/mol. The molecule has 0 saturated carbocycles. The molecule has 97 heavy (non-hydrogen) atoms. The van der Waals surface area contributed by atoms with Crippen LogP contribution < -0.4 is 0 Å². The summed E-state index contributed by atoms with van der Waals surface area (Å²) in [5.41, 5.74) is 0. The highest BCUT2D eigenvalue weighted by molar-refractivity contribution is 7.47. The normalized spacial score (nSPS) is 14.8. The lowest BCUT2D eigenvalue weighted by atomic mass is 9.99. The van der Waals surface area contributed by atoms with E-state index in [1.54, 1.807) is 0 Å². The number of phosphoric ester groups is 2. The molecule has 0 aromatic heterocycles. The molecule has 0 aliphatic carbocycles. The predicted octanol–water partition coefficient (Wildman–Crippen LogP) is 22.5. The van der Waals surface area contributed by atoms with Crippen LogP contribution in [0.1, 0.15) is 376 Å². The molecule has 0 spiro atoms. The molecule has 19 heteroatoms. The Morgan fingerprint density at radius 2 is 0.608 bits per heavy atom. The minimum atomic E-state index is -4.97. The van der Waals surface area contributed by atoms with Gasteiger partial charge < -0.3 is 33.8 Å². The summed E-state index contributed by atoms with van der Waals surface area (Å²) >= 11 is 0. The maximum atomic E-state index is 13.1. The molecule has 4 unspecified atom stereocenters. The molecule has 0 fully saturated rings. The Morgan fingerprint density at radius 1 is 0.340 bits per heavy atom. The zero-order valence-electron chi connectivity index (χ0n) is 63.0. The molecule has 3 N–H and O–H groups in total. The van der Waals surface area contributed by atoms with Crippen LogP contribution in [0.4, 0.5) is 0 Å². The van der Waals surface area contributed by atoms with Crippen molar-refractivity contribution in [2.75, 3.05) is 39.6 Å². The summed E-state index contributed by atoms with van der Waals surface area (Å²) in [6, 6.07) is 0. The number of aliphatic hydroxyl groups excluding tert-OH is 1. The minimum absolute atomic E-state index is 0.100. The van der Waals surface area contributed by atoms with Gasteiger partial charge in [-0.25, -0.2) is 9.13 Å². The van der Waals surface area contributed by atoms with Crippen molar-refractivity contribution in [2.24, 2.45) is 17.8 Å². The summed E-state index contributed by atoms with van der Waals surface area (Å²) < 4.78 is 68.6. The molecule has 0 amide bonds. The molecule has 572 valence electrons. The monoisotopic (exact) mass is 1420 g/mol. The van der Waals surface area contributed by atoms with E-state index in [0.717, 1.165) is 133 Å². The van der Waals surface area contributed by atoms with Gasteiger partial charge >= 0.3 is 39.5 Å². The van der Waals surface area contributed by atoms with Crippen LogP contribution in [0.3, 0.4) is 0 Å². The van der Waals surface area contributed by atoms with E-state index in [0.29, 0.717) is 25.7 Å². The number of carbonyl (C=O) groups excluding carboxylic acids is 4. The van der Waals surface area contributed by atoms with Crippen molar-refractivity contribution in [2.45, 2.75) is 394 Å². The second-order valence-electron chi connectivity index (χ2n) is 28.4. The van der Waals surface area contributed by atoms with Gasteiger partial charge in [0.25, 0.3) is 0 Å². The van der Waals surface area contributed by atoms with Crippen LogP contribution in [0.5, 0.6) is 0 Å². The molecule has 0 aliphatic heterocycles. The Balaban J connectivity index is 5.29. The lowest BCUT2D eigenvalue weighted by Crippen LogP contribution is -2.30. The van der Waals surface area contributed by atoms with Crippen molar-refractivity contribution < 1.29 is 80.2 Å². The topological polar surface area (TPSA) is 237 Å². The zero-order chi connectivity index (χ0) is 71.6. The quantitative estimate of drug-likeness (QED) is 0.0169. The molecular weight excluding hydrogens is 1270 g/mol. The number of unbranched alkanes of at least 4 members (excludes halogenated alkanes) is 37. The number of esters is 4. The van der Waals surface area contributed by atoms with Crippen LogP contribution in [-0.4, -0.2) is 96.7 Å². The van der Waals surface area contributed by atoms with Crippen molar-refractivity contribution in [3.05, 3.63) is 24.3 Å². The fraction of sp³-hybridized carbons (Fsp3) is 0.897. The molecule has 7 atom stereocenters. The van der Waals surface area contributed by atoms with E-state index >= 15 is 0 Å². The van der Waals surface area contributed by atoms with Gasteiger partial charge in [-0.2, -0.15) is 0 Å². The molecule has 17 nitrogen and oxygen atoms in total. The summed E-state index contributed by atoms with van der Waals surface area (Å²) in [6.45, 7) is 11.9. The second-order valence-corrected chi connectivity index (χ2v) is 31.3. The lowest BCUT2D eigenvalue weighted by Gasteiger charge is -2.21. The Kier molecular flexibility index (Phi) is 66.3. The standard InChI is InChI=1S/C78H148O17P2/c1-8-11-12-13-14-15-16-17-18-22-27-32-37-45-52-59-75(80)88-65-73(94-77(82)61-54-47-38-33-28-23-20-19-21-26-31-36-43-50-57-70(6)9-2)67-92-96(84,85)90-63-72(79)64-91-97(86,87)93-68-74(66-89-76(81)60-53-46-41-40-44-51-58-71(7)10-3)95-78(83)62-55-48-39-34-29-24-25-30-35-42-49-56-69(4)5/h15-18,69-74,79H,8-14,19-68H2,1-7H3,(H,84,85)(H,86,87)/b16-15-,18-17-/t70?,71?,72-,73-,74-/m1/s1. The number of ether oxygens (including phenoxy) is 4. The molecule has 0 heterocycles. The van der Waals surface area contributed by atoms with Crippen molar-refractivity contribution in [1.29, 1.82) is 0 Å². The summed E-state index contributed by atoms with van der Waals surface area (Å²) in [7, 11) is -9.93. The summed E-state index contributed by atoms with van der Waals surface area (Å²) in [4.78, 5) is 72.9. The molecule has 0 aromatic carbocycles. The van der Waals surface area contributed by atoms with E-state index in [-0.39, 0.29) is 25.7 Å². The summed E-state index contributed by atoms with van der Waals surface area (Å²) in [5.74, 6) is 0.190. The van der Waals surface area contributed by atoms with Gasteiger partial charge in [0.05, 0.1) is 26.4 Å². The molecule has 0 aromatic rings. The van der Waals surface area contributed by atoms with Crippen LogP contribution in [-0.2, 0) is 65.4 Å². The number of rotatable bonds is 74. The van der Waals surface area contributed by atoms with Gasteiger partial charge in [0.1, 0.15) is 19.3 Å². The van der Waals surface area contributed by atoms with E-state index in [4.69, 9.17) is 37.0 Å². The maximum Gasteiger partial charge on any atom is 0.472 e. The third kappa shape index (κ3) is 69.1. The largest absolute Gasteiger partial charge is 0.472 e. The Hall–Kier alpha value is -2.46. The molecular formula is C78H148O17P2. The van der Waals surface area contributed by atoms with Gasteiger partial charge in [-0.15, -0.1) is 0 Å². The van der Waals surface area contributed by atoms with Crippen LogP contribution in [0.15, 0.2) is 24.3 Å². The highest BCUT2D eigenvalue weighted by atomic mass is 31.2.